The maximum Gasteiger partial charge on any atom is 0.219 e. The Kier molecular flexibility index (Phi) is 16.5. The molecule has 0 bridgehead atoms. The van der Waals surface area contributed by atoms with Crippen LogP contribution >= 0.6 is 0 Å². The third-order valence-corrected chi connectivity index (χ3v) is 5.77. The van der Waals surface area contributed by atoms with Gasteiger partial charge in [0.2, 0.25) is 5.91 Å². The lowest BCUT2D eigenvalue weighted by Gasteiger charge is -2.19. The summed E-state index contributed by atoms with van der Waals surface area (Å²) in [5.41, 5.74) is 6.89. The van der Waals surface area contributed by atoms with Gasteiger partial charge in [-0.1, -0.05) is 32.3 Å². The zero-order chi connectivity index (χ0) is 23.4. The van der Waals surface area contributed by atoms with Crippen LogP contribution in [0, 0.1) is 0 Å². The van der Waals surface area contributed by atoms with E-state index in [9.17, 15) is 4.79 Å². The molecule has 0 aromatic heterocycles. The molecule has 0 fully saturated rings. The maximum atomic E-state index is 11.3. The molecule has 1 rings (SSSR count). The monoisotopic (exact) mass is 450 g/mol. The van der Waals surface area contributed by atoms with Crippen molar-refractivity contribution in [2.75, 3.05) is 40.5 Å². The molecule has 3 N–H and O–H groups in total. The highest BCUT2D eigenvalue weighted by Gasteiger charge is 2.14. The van der Waals surface area contributed by atoms with Crippen molar-refractivity contribution in [3.63, 3.8) is 0 Å². The van der Waals surface area contributed by atoms with Crippen LogP contribution in [0.4, 0.5) is 0 Å². The zero-order valence-electron chi connectivity index (χ0n) is 20.6. The summed E-state index contributed by atoms with van der Waals surface area (Å²) < 4.78 is 17.3. The number of benzene rings is 1. The van der Waals surface area contributed by atoms with Crippen molar-refractivity contribution in [3.8, 4) is 11.5 Å². The predicted octanol–water partition coefficient (Wildman–Crippen LogP) is 5.19. The second-order valence-corrected chi connectivity index (χ2v) is 8.33. The van der Waals surface area contributed by atoms with E-state index in [4.69, 9.17) is 19.9 Å². The molecule has 0 aliphatic heterocycles. The molecule has 0 saturated carbocycles. The van der Waals surface area contributed by atoms with Gasteiger partial charge in [0.25, 0.3) is 0 Å². The molecule has 6 nitrogen and oxygen atoms in total. The van der Waals surface area contributed by atoms with Gasteiger partial charge in [0.15, 0.2) is 11.5 Å². The Bertz CT molecular complexity index is 609. The van der Waals surface area contributed by atoms with E-state index in [0.29, 0.717) is 32.2 Å². The van der Waals surface area contributed by atoms with Crippen LogP contribution < -0.4 is 20.5 Å². The van der Waals surface area contributed by atoms with Gasteiger partial charge in [-0.05, 0) is 68.7 Å². The van der Waals surface area contributed by atoms with E-state index >= 15 is 0 Å². The molecule has 0 heterocycles. The summed E-state index contributed by atoms with van der Waals surface area (Å²) in [6, 6.07) is 6.43. The highest BCUT2D eigenvalue weighted by atomic mass is 16.5. The van der Waals surface area contributed by atoms with Gasteiger partial charge < -0.3 is 25.3 Å². The normalized spacial score (nSPS) is 11.9. The highest BCUT2D eigenvalue weighted by Crippen LogP contribution is 2.34. The number of ether oxygens (including phenoxy) is 3. The number of hydrogen-bond donors (Lipinski definition) is 2. The topological polar surface area (TPSA) is 82.8 Å². The van der Waals surface area contributed by atoms with Gasteiger partial charge in [0.1, 0.15) is 0 Å². The lowest BCUT2D eigenvalue weighted by atomic mass is 9.90. The molecular weight excluding hydrogens is 404 g/mol. The smallest absolute Gasteiger partial charge is 0.219 e. The first-order valence-corrected chi connectivity index (χ1v) is 12.4. The third-order valence-electron chi connectivity index (χ3n) is 5.77. The Morgan fingerprint density at radius 3 is 2.38 bits per heavy atom. The number of rotatable bonds is 20. The SMILES string of the molecule is CCC(CCCCCCC(=O)NC)c1ccc(OCCCCCN)c(OCCCOC)c1. The average Bonchev–Trinajstić information content (AvgIpc) is 2.81. The van der Waals surface area contributed by atoms with E-state index in [1.807, 2.05) is 0 Å². The number of hydrogen-bond acceptors (Lipinski definition) is 5. The summed E-state index contributed by atoms with van der Waals surface area (Å²) in [6.45, 7) is 4.96. The Morgan fingerprint density at radius 2 is 1.66 bits per heavy atom. The third kappa shape index (κ3) is 12.3. The van der Waals surface area contributed by atoms with E-state index in [-0.39, 0.29) is 5.91 Å². The van der Waals surface area contributed by atoms with Crippen LogP contribution in [0.2, 0.25) is 0 Å². The number of carbonyl (C=O) groups excluding carboxylic acids is 1. The van der Waals surface area contributed by atoms with Crippen LogP contribution in [0.15, 0.2) is 18.2 Å². The molecule has 1 unspecified atom stereocenters. The van der Waals surface area contributed by atoms with Gasteiger partial charge in [-0.3, -0.25) is 4.79 Å². The predicted molar refractivity (Wildman–Crippen MR) is 132 cm³/mol. The molecule has 32 heavy (non-hydrogen) atoms. The van der Waals surface area contributed by atoms with Crippen LogP contribution in [0.5, 0.6) is 11.5 Å². The number of amides is 1. The summed E-state index contributed by atoms with van der Waals surface area (Å²) >= 11 is 0. The van der Waals surface area contributed by atoms with Gasteiger partial charge in [-0.15, -0.1) is 0 Å². The van der Waals surface area contributed by atoms with Crippen molar-refractivity contribution in [2.24, 2.45) is 5.73 Å². The number of carbonyl (C=O) groups is 1. The van der Waals surface area contributed by atoms with Crippen molar-refractivity contribution in [1.29, 1.82) is 0 Å². The molecule has 1 amide bonds. The number of methoxy groups -OCH3 is 1. The van der Waals surface area contributed by atoms with Gasteiger partial charge in [-0.2, -0.15) is 0 Å². The standard InChI is InChI=1S/C26H46N2O4/c1-4-22(13-8-5-6-9-14-26(29)28-2)23-15-16-24(31-19-11-7-10-17-27)25(21-23)32-20-12-18-30-3/h15-16,21-22H,4-14,17-20,27H2,1-3H3,(H,28,29). The first kappa shape index (κ1) is 28.2. The molecule has 0 saturated heterocycles. The van der Waals surface area contributed by atoms with Crippen molar-refractivity contribution < 1.29 is 19.0 Å². The van der Waals surface area contributed by atoms with Crippen molar-refractivity contribution >= 4 is 5.91 Å². The minimum absolute atomic E-state index is 0.135. The molecule has 1 aromatic carbocycles. The molecule has 184 valence electrons. The number of nitrogens with two attached hydrogens (primary N) is 1. The molecule has 1 atom stereocenters. The van der Waals surface area contributed by atoms with Crippen LogP contribution in [0.1, 0.15) is 89.0 Å². The van der Waals surface area contributed by atoms with Crippen molar-refractivity contribution in [1.82, 2.24) is 5.32 Å². The largest absolute Gasteiger partial charge is 0.490 e. The first-order chi connectivity index (χ1) is 15.7. The maximum absolute atomic E-state index is 11.3. The highest BCUT2D eigenvalue weighted by molar-refractivity contribution is 5.75. The van der Waals surface area contributed by atoms with Gasteiger partial charge in [0.05, 0.1) is 13.2 Å². The number of unbranched alkanes of at least 4 members (excludes halogenated alkanes) is 5. The second kappa shape index (κ2) is 18.8. The quantitative estimate of drug-likeness (QED) is 0.267. The zero-order valence-corrected chi connectivity index (χ0v) is 20.6. The molecule has 0 aliphatic carbocycles. The van der Waals surface area contributed by atoms with Crippen LogP contribution in [-0.4, -0.2) is 46.4 Å². The van der Waals surface area contributed by atoms with E-state index < -0.39 is 0 Å². The summed E-state index contributed by atoms with van der Waals surface area (Å²) in [6.07, 6.45) is 11.3. The summed E-state index contributed by atoms with van der Waals surface area (Å²) in [4.78, 5) is 11.3. The lowest BCUT2D eigenvalue weighted by Crippen LogP contribution is -2.16. The fraction of sp³-hybridized carbons (Fsp3) is 0.731. The molecule has 1 aromatic rings. The molecule has 0 radical (unpaired) electrons. The van der Waals surface area contributed by atoms with E-state index in [2.05, 4.69) is 30.4 Å². The molecular formula is C26H46N2O4. The Hall–Kier alpha value is -1.79. The Labute approximate surface area is 195 Å². The fourth-order valence-electron chi connectivity index (χ4n) is 3.76. The molecule has 6 heteroatoms. The van der Waals surface area contributed by atoms with E-state index in [1.54, 1.807) is 14.2 Å². The Balaban J connectivity index is 2.63. The van der Waals surface area contributed by atoms with Crippen LogP contribution in [0.3, 0.4) is 0 Å². The summed E-state index contributed by atoms with van der Waals surface area (Å²) in [5, 5.41) is 2.68. The fourth-order valence-corrected chi connectivity index (χ4v) is 3.76. The van der Waals surface area contributed by atoms with Crippen LogP contribution in [-0.2, 0) is 9.53 Å². The molecule has 0 spiro atoms. The minimum atomic E-state index is 0.135. The van der Waals surface area contributed by atoms with E-state index in [1.165, 1.54) is 12.0 Å². The average molecular weight is 451 g/mol. The van der Waals surface area contributed by atoms with Crippen molar-refractivity contribution in [3.05, 3.63) is 23.8 Å². The van der Waals surface area contributed by atoms with Gasteiger partial charge in [-0.25, -0.2) is 0 Å². The number of nitrogens with one attached hydrogen (secondary N) is 1. The van der Waals surface area contributed by atoms with Gasteiger partial charge in [0, 0.05) is 33.6 Å². The van der Waals surface area contributed by atoms with Crippen molar-refractivity contribution in [2.45, 2.75) is 83.5 Å². The minimum Gasteiger partial charge on any atom is -0.490 e. The Morgan fingerprint density at radius 1 is 0.938 bits per heavy atom. The second-order valence-electron chi connectivity index (χ2n) is 8.33. The van der Waals surface area contributed by atoms with Crippen LogP contribution in [0.25, 0.3) is 0 Å². The molecule has 0 aliphatic rings. The lowest BCUT2D eigenvalue weighted by molar-refractivity contribution is -0.120. The summed E-state index contributed by atoms with van der Waals surface area (Å²) in [7, 11) is 3.41. The van der Waals surface area contributed by atoms with Gasteiger partial charge >= 0.3 is 0 Å². The van der Waals surface area contributed by atoms with E-state index in [0.717, 1.165) is 75.8 Å². The summed E-state index contributed by atoms with van der Waals surface area (Å²) in [5.74, 6) is 2.30. The first-order valence-electron chi connectivity index (χ1n) is 12.4.